The predicted octanol–water partition coefficient (Wildman–Crippen LogP) is 2.93. The smallest absolute Gasteiger partial charge is 0.243 e. The lowest BCUT2D eigenvalue weighted by molar-refractivity contribution is 0.101. The van der Waals surface area contributed by atoms with Crippen LogP contribution in [-0.2, 0) is 10.0 Å². The maximum absolute atomic E-state index is 13.1. The number of rotatable bonds is 4. The highest BCUT2D eigenvalue weighted by Crippen LogP contribution is 2.25. The Kier molecular flexibility index (Phi) is 5.11. The summed E-state index contributed by atoms with van der Waals surface area (Å²) in [5, 5.41) is 0. The molecule has 0 N–H and O–H groups in total. The molecule has 0 radical (unpaired) electrons. The summed E-state index contributed by atoms with van der Waals surface area (Å²) in [5.41, 5.74) is 1.36. The molecule has 1 fully saturated rings. The Morgan fingerprint density at radius 3 is 2.19 bits per heavy atom. The van der Waals surface area contributed by atoms with E-state index in [-0.39, 0.29) is 22.5 Å². The monoisotopic (exact) mass is 376 g/mol. The Labute approximate surface area is 153 Å². The van der Waals surface area contributed by atoms with E-state index < -0.39 is 10.0 Å². The quantitative estimate of drug-likeness (QED) is 0.770. The third-order valence-electron chi connectivity index (χ3n) is 4.63. The maximum atomic E-state index is 13.1. The lowest BCUT2D eigenvalue weighted by atomic mass is 10.2. The maximum Gasteiger partial charge on any atom is 0.243 e. The first-order valence-electron chi connectivity index (χ1n) is 8.42. The van der Waals surface area contributed by atoms with E-state index in [2.05, 4.69) is 4.90 Å². The van der Waals surface area contributed by atoms with E-state index in [0.717, 1.165) is 5.69 Å². The molecule has 26 heavy (non-hydrogen) atoms. The van der Waals surface area contributed by atoms with Gasteiger partial charge >= 0.3 is 0 Å². The van der Waals surface area contributed by atoms with Gasteiger partial charge in [0.1, 0.15) is 5.82 Å². The van der Waals surface area contributed by atoms with Crippen LogP contribution in [0.1, 0.15) is 24.2 Å². The number of carbonyl (C=O) groups is 1. The van der Waals surface area contributed by atoms with Gasteiger partial charge in [0.15, 0.2) is 5.78 Å². The van der Waals surface area contributed by atoms with Crippen LogP contribution < -0.4 is 4.90 Å². The standard InChI is InChI=1S/C19H21FN2O3S/c1-14-13-21(18-7-5-17(20)6-8-18)11-12-22(14)26(24,25)19-9-3-16(4-10-19)15(2)23/h3-10,14H,11-13H2,1-2H3/t14-/m1/s1. The number of nitrogens with zero attached hydrogens (tertiary/aromatic N) is 2. The van der Waals surface area contributed by atoms with Crippen molar-refractivity contribution in [1.29, 1.82) is 0 Å². The largest absolute Gasteiger partial charge is 0.369 e. The Balaban J connectivity index is 1.77. The minimum atomic E-state index is -3.63. The van der Waals surface area contributed by atoms with Crippen molar-refractivity contribution in [3.05, 3.63) is 59.9 Å². The van der Waals surface area contributed by atoms with E-state index in [0.29, 0.717) is 25.2 Å². The fourth-order valence-electron chi connectivity index (χ4n) is 3.18. The van der Waals surface area contributed by atoms with Crippen molar-refractivity contribution in [3.8, 4) is 0 Å². The van der Waals surface area contributed by atoms with Crippen LogP contribution in [0.2, 0.25) is 0 Å². The summed E-state index contributed by atoms with van der Waals surface area (Å²) in [6.45, 7) is 4.70. The van der Waals surface area contributed by atoms with Gasteiger partial charge in [0.25, 0.3) is 0 Å². The van der Waals surface area contributed by atoms with Gasteiger partial charge in [-0.3, -0.25) is 4.79 Å². The number of hydrogen-bond acceptors (Lipinski definition) is 4. The molecular weight excluding hydrogens is 355 g/mol. The van der Waals surface area contributed by atoms with Crippen LogP contribution in [0.25, 0.3) is 0 Å². The van der Waals surface area contributed by atoms with Crippen LogP contribution in [-0.4, -0.2) is 44.2 Å². The van der Waals surface area contributed by atoms with Crippen molar-refractivity contribution < 1.29 is 17.6 Å². The number of piperazine rings is 1. The summed E-state index contributed by atoms with van der Waals surface area (Å²) in [6.07, 6.45) is 0. The summed E-state index contributed by atoms with van der Waals surface area (Å²) >= 11 is 0. The number of ketones is 1. The Morgan fingerprint density at radius 2 is 1.65 bits per heavy atom. The van der Waals surface area contributed by atoms with Gasteiger partial charge in [-0.05, 0) is 50.2 Å². The van der Waals surface area contributed by atoms with Crippen molar-refractivity contribution in [2.75, 3.05) is 24.5 Å². The average molecular weight is 376 g/mol. The van der Waals surface area contributed by atoms with E-state index in [1.807, 2.05) is 6.92 Å². The Bertz CT molecular complexity index is 895. The molecule has 2 aromatic carbocycles. The van der Waals surface area contributed by atoms with Crippen LogP contribution in [0.15, 0.2) is 53.4 Å². The third-order valence-corrected chi connectivity index (χ3v) is 6.65. The zero-order chi connectivity index (χ0) is 18.9. The summed E-state index contributed by atoms with van der Waals surface area (Å²) < 4.78 is 40.4. The molecule has 3 rings (SSSR count). The van der Waals surface area contributed by atoms with Crippen molar-refractivity contribution in [2.24, 2.45) is 0 Å². The lowest BCUT2D eigenvalue weighted by Crippen LogP contribution is -2.54. The first-order chi connectivity index (χ1) is 12.3. The molecule has 2 aromatic rings. The topological polar surface area (TPSA) is 57.7 Å². The molecular formula is C19H21FN2O3S. The number of Topliss-reactive ketones (excluding diaryl/α,β-unsaturated/α-hetero) is 1. The number of sulfonamides is 1. The van der Waals surface area contributed by atoms with E-state index in [1.165, 1.54) is 47.6 Å². The second kappa shape index (κ2) is 7.17. The van der Waals surface area contributed by atoms with E-state index in [1.54, 1.807) is 12.1 Å². The molecule has 0 aliphatic carbocycles. The fraction of sp³-hybridized carbons (Fsp3) is 0.316. The minimum absolute atomic E-state index is 0.102. The van der Waals surface area contributed by atoms with Gasteiger partial charge in [0.05, 0.1) is 4.90 Å². The van der Waals surface area contributed by atoms with E-state index >= 15 is 0 Å². The predicted molar refractivity (Wildman–Crippen MR) is 98.4 cm³/mol. The van der Waals surface area contributed by atoms with Gasteiger partial charge in [-0.1, -0.05) is 12.1 Å². The summed E-state index contributed by atoms with van der Waals surface area (Å²) in [5.74, 6) is -0.396. The molecule has 5 nitrogen and oxygen atoms in total. The molecule has 0 saturated carbocycles. The second-order valence-electron chi connectivity index (χ2n) is 6.47. The highest BCUT2D eigenvalue weighted by Gasteiger charge is 2.33. The van der Waals surface area contributed by atoms with Crippen molar-refractivity contribution in [3.63, 3.8) is 0 Å². The van der Waals surface area contributed by atoms with Crippen LogP contribution in [0.4, 0.5) is 10.1 Å². The normalized spacial score (nSPS) is 18.7. The van der Waals surface area contributed by atoms with E-state index in [9.17, 15) is 17.6 Å². The summed E-state index contributed by atoms with van der Waals surface area (Å²) in [4.78, 5) is 13.6. The SMILES string of the molecule is CC(=O)c1ccc(S(=O)(=O)N2CCN(c3ccc(F)cc3)C[C@H]2C)cc1. The Hall–Kier alpha value is -2.25. The zero-order valence-corrected chi connectivity index (χ0v) is 15.5. The molecule has 0 aromatic heterocycles. The lowest BCUT2D eigenvalue weighted by Gasteiger charge is -2.40. The number of anilines is 1. The molecule has 1 heterocycles. The fourth-order valence-corrected chi connectivity index (χ4v) is 4.79. The summed E-state index contributed by atoms with van der Waals surface area (Å²) in [6, 6.07) is 12.0. The van der Waals surface area contributed by atoms with Gasteiger partial charge in [0.2, 0.25) is 10.0 Å². The van der Waals surface area contributed by atoms with Crippen LogP contribution in [0.3, 0.4) is 0 Å². The zero-order valence-electron chi connectivity index (χ0n) is 14.7. The van der Waals surface area contributed by atoms with Crippen molar-refractivity contribution in [2.45, 2.75) is 24.8 Å². The molecule has 1 aliphatic rings. The van der Waals surface area contributed by atoms with Gasteiger partial charge in [0, 0.05) is 36.9 Å². The average Bonchev–Trinajstić information content (AvgIpc) is 2.62. The van der Waals surface area contributed by atoms with Crippen molar-refractivity contribution in [1.82, 2.24) is 4.31 Å². The number of carbonyl (C=O) groups excluding carboxylic acids is 1. The molecule has 0 spiro atoms. The molecule has 0 bridgehead atoms. The molecule has 7 heteroatoms. The molecule has 0 unspecified atom stereocenters. The third kappa shape index (κ3) is 3.64. The van der Waals surface area contributed by atoms with E-state index in [4.69, 9.17) is 0 Å². The molecule has 1 saturated heterocycles. The second-order valence-corrected chi connectivity index (χ2v) is 8.36. The molecule has 138 valence electrons. The first-order valence-corrected chi connectivity index (χ1v) is 9.86. The number of halogens is 1. The number of hydrogen-bond donors (Lipinski definition) is 0. The van der Waals surface area contributed by atoms with Crippen LogP contribution >= 0.6 is 0 Å². The Morgan fingerprint density at radius 1 is 1.04 bits per heavy atom. The van der Waals surface area contributed by atoms with Gasteiger partial charge in [-0.2, -0.15) is 4.31 Å². The van der Waals surface area contributed by atoms with Crippen LogP contribution in [0.5, 0.6) is 0 Å². The van der Waals surface area contributed by atoms with Crippen LogP contribution in [0, 0.1) is 5.82 Å². The number of benzene rings is 2. The highest BCUT2D eigenvalue weighted by molar-refractivity contribution is 7.89. The van der Waals surface area contributed by atoms with Gasteiger partial charge < -0.3 is 4.90 Å². The summed E-state index contributed by atoms with van der Waals surface area (Å²) in [7, 11) is -3.63. The highest BCUT2D eigenvalue weighted by atomic mass is 32.2. The molecule has 1 aliphatic heterocycles. The van der Waals surface area contributed by atoms with Gasteiger partial charge in [-0.15, -0.1) is 0 Å². The minimum Gasteiger partial charge on any atom is -0.369 e. The van der Waals surface area contributed by atoms with Gasteiger partial charge in [-0.25, -0.2) is 12.8 Å². The molecule has 1 atom stereocenters. The first kappa shape index (κ1) is 18.5. The van der Waals surface area contributed by atoms with Crippen molar-refractivity contribution >= 4 is 21.5 Å². The molecule has 0 amide bonds.